The first-order chi connectivity index (χ1) is 17.6. The van der Waals surface area contributed by atoms with Crippen LogP contribution in [0.1, 0.15) is 30.5 Å². The van der Waals surface area contributed by atoms with Crippen LogP contribution in [0.3, 0.4) is 0 Å². The Bertz CT molecular complexity index is 1060. The summed E-state index contributed by atoms with van der Waals surface area (Å²) in [7, 11) is 0. The van der Waals surface area contributed by atoms with Gasteiger partial charge in [0.15, 0.2) is 12.1 Å². The molecule has 5 atom stereocenters. The Hall–Kier alpha value is -2.58. The van der Waals surface area contributed by atoms with Gasteiger partial charge in [0.05, 0.1) is 26.4 Å². The molecule has 6 heteroatoms. The van der Waals surface area contributed by atoms with Crippen molar-refractivity contribution in [1.29, 1.82) is 0 Å². The molecule has 0 N–H and O–H groups in total. The van der Waals surface area contributed by atoms with E-state index in [1.807, 2.05) is 105 Å². The van der Waals surface area contributed by atoms with Gasteiger partial charge in [-0.1, -0.05) is 91.0 Å². The second-order valence-electron chi connectivity index (χ2n) is 9.67. The van der Waals surface area contributed by atoms with E-state index in [1.54, 1.807) is 0 Å². The Labute approximate surface area is 213 Å². The van der Waals surface area contributed by atoms with Gasteiger partial charge in [-0.3, -0.25) is 0 Å². The fourth-order valence-electron chi connectivity index (χ4n) is 4.66. The maximum Gasteiger partial charge on any atom is 0.190 e. The molecule has 0 bridgehead atoms. The van der Waals surface area contributed by atoms with Crippen molar-refractivity contribution in [2.24, 2.45) is 0 Å². The summed E-state index contributed by atoms with van der Waals surface area (Å²) in [5.41, 5.74) is 3.26. The fraction of sp³-hybridized carbons (Fsp3) is 0.400. The van der Waals surface area contributed by atoms with E-state index in [2.05, 4.69) is 0 Å². The monoisotopic (exact) mass is 490 g/mol. The summed E-state index contributed by atoms with van der Waals surface area (Å²) in [6.45, 7) is 5.47. The molecule has 36 heavy (non-hydrogen) atoms. The predicted octanol–water partition coefficient (Wildman–Crippen LogP) is 5.25. The lowest BCUT2D eigenvalue weighted by atomic mass is 9.98. The summed E-state index contributed by atoms with van der Waals surface area (Å²) >= 11 is 0. The number of hydrogen-bond acceptors (Lipinski definition) is 6. The molecule has 0 amide bonds. The first kappa shape index (κ1) is 25.1. The molecule has 0 radical (unpaired) electrons. The number of rotatable bonds is 10. The Kier molecular flexibility index (Phi) is 8.12. The zero-order chi connectivity index (χ0) is 24.8. The predicted molar refractivity (Wildman–Crippen MR) is 135 cm³/mol. The largest absolute Gasteiger partial charge is 0.374 e. The number of hydrogen-bond donors (Lipinski definition) is 0. The van der Waals surface area contributed by atoms with Gasteiger partial charge >= 0.3 is 0 Å². The Morgan fingerprint density at radius 1 is 0.639 bits per heavy atom. The van der Waals surface area contributed by atoms with Crippen LogP contribution in [0.5, 0.6) is 0 Å². The van der Waals surface area contributed by atoms with E-state index in [0.29, 0.717) is 26.4 Å². The van der Waals surface area contributed by atoms with Crippen LogP contribution < -0.4 is 0 Å². The van der Waals surface area contributed by atoms with E-state index >= 15 is 0 Å². The van der Waals surface area contributed by atoms with Crippen molar-refractivity contribution in [3.8, 4) is 0 Å². The van der Waals surface area contributed by atoms with Gasteiger partial charge in [-0.2, -0.15) is 0 Å². The van der Waals surface area contributed by atoms with Crippen LogP contribution in [0.2, 0.25) is 0 Å². The molecule has 190 valence electrons. The topological polar surface area (TPSA) is 55.4 Å². The van der Waals surface area contributed by atoms with Gasteiger partial charge in [0.1, 0.15) is 24.4 Å². The fourth-order valence-corrected chi connectivity index (χ4v) is 4.66. The minimum absolute atomic E-state index is 0.340. The maximum atomic E-state index is 6.51. The van der Waals surface area contributed by atoms with Crippen LogP contribution in [-0.2, 0) is 48.2 Å². The molecule has 2 aliphatic heterocycles. The number of benzene rings is 3. The number of fused-ring (bicyclic) bond motifs is 1. The molecule has 2 aliphatic rings. The van der Waals surface area contributed by atoms with Crippen molar-refractivity contribution in [2.75, 3.05) is 6.61 Å². The number of ether oxygens (including phenoxy) is 6. The van der Waals surface area contributed by atoms with Crippen LogP contribution in [-0.4, -0.2) is 43.1 Å². The zero-order valence-electron chi connectivity index (χ0n) is 20.8. The quantitative estimate of drug-likeness (QED) is 0.387. The molecule has 0 aliphatic carbocycles. The summed E-state index contributed by atoms with van der Waals surface area (Å²) in [6, 6.07) is 30.3. The molecule has 2 heterocycles. The highest BCUT2D eigenvalue weighted by Gasteiger charge is 2.55. The molecule has 2 fully saturated rings. The van der Waals surface area contributed by atoms with Crippen LogP contribution >= 0.6 is 0 Å². The van der Waals surface area contributed by atoms with Crippen LogP contribution in [0.25, 0.3) is 0 Å². The molecule has 0 saturated carbocycles. The van der Waals surface area contributed by atoms with Gasteiger partial charge in [-0.15, -0.1) is 0 Å². The summed E-state index contributed by atoms with van der Waals surface area (Å²) in [6.07, 6.45) is -2.20. The maximum absolute atomic E-state index is 6.51. The van der Waals surface area contributed by atoms with Crippen molar-refractivity contribution in [3.63, 3.8) is 0 Å². The highest BCUT2D eigenvalue weighted by atomic mass is 16.8. The molecular weight excluding hydrogens is 456 g/mol. The third kappa shape index (κ3) is 6.40. The lowest BCUT2D eigenvalue weighted by Gasteiger charge is -2.42. The second kappa shape index (κ2) is 11.6. The van der Waals surface area contributed by atoms with Gasteiger partial charge in [-0.25, -0.2) is 0 Å². The first-order valence-corrected chi connectivity index (χ1v) is 12.5. The molecule has 0 aromatic heterocycles. The van der Waals surface area contributed by atoms with Gasteiger partial charge in [0.2, 0.25) is 0 Å². The first-order valence-electron chi connectivity index (χ1n) is 12.5. The summed E-state index contributed by atoms with van der Waals surface area (Å²) in [5.74, 6) is -0.784. The van der Waals surface area contributed by atoms with E-state index < -0.39 is 36.5 Å². The normalized spacial score (nSPS) is 27.0. The summed E-state index contributed by atoms with van der Waals surface area (Å²) in [4.78, 5) is 0. The molecule has 6 nitrogen and oxygen atoms in total. The van der Waals surface area contributed by atoms with E-state index in [9.17, 15) is 0 Å². The minimum Gasteiger partial charge on any atom is -0.374 e. The van der Waals surface area contributed by atoms with Crippen LogP contribution in [0.4, 0.5) is 0 Å². The zero-order valence-corrected chi connectivity index (χ0v) is 20.8. The highest BCUT2D eigenvalue weighted by molar-refractivity contribution is 5.15. The summed E-state index contributed by atoms with van der Waals surface area (Å²) < 4.78 is 37.9. The third-order valence-corrected chi connectivity index (χ3v) is 6.38. The summed E-state index contributed by atoms with van der Waals surface area (Å²) in [5, 5.41) is 0. The third-order valence-electron chi connectivity index (χ3n) is 6.38. The highest BCUT2D eigenvalue weighted by Crippen LogP contribution is 2.39. The molecule has 5 rings (SSSR count). The molecule has 2 unspecified atom stereocenters. The Morgan fingerprint density at radius 2 is 1.14 bits per heavy atom. The molecule has 3 aromatic carbocycles. The van der Waals surface area contributed by atoms with E-state index in [-0.39, 0.29) is 0 Å². The van der Waals surface area contributed by atoms with E-state index in [4.69, 9.17) is 28.4 Å². The molecule has 2 saturated heterocycles. The second-order valence-corrected chi connectivity index (χ2v) is 9.67. The van der Waals surface area contributed by atoms with E-state index in [0.717, 1.165) is 16.7 Å². The Morgan fingerprint density at radius 3 is 1.69 bits per heavy atom. The van der Waals surface area contributed by atoms with Crippen LogP contribution in [0.15, 0.2) is 91.0 Å². The smallest absolute Gasteiger partial charge is 0.190 e. The van der Waals surface area contributed by atoms with Gasteiger partial charge in [-0.05, 0) is 30.5 Å². The van der Waals surface area contributed by atoms with Gasteiger partial charge in [0.25, 0.3) is 0 Å². The van der Waals surface area contributed by atoms with E-state index in [1.165, 1.54) is 0 Å². The van der Waals surface area contributed by atoms with Crippen LogP contribution in [0, 0.1) is 0 Å². The van der Waals surface area contributed by atoms with Crippen molar-refractivity contribution < 1.29 is 28.4 Å². The lowest BCUT2D eigenvalue weighted by molar-refractivity contribution is -0.279. The molecule has 0 spiro atoms. The van der Waals surface area contributed by atoms with Gasteiger partial charge in [0, 0.05) is 0 Å². The van der Waals surface area contributed by atoms with Crippen molar-refractivity contribution >= 4 is 0 Å². The average Bonchev–Trinajstić information content (AvgIpc) is 3.21. The minimum atomic E-state index is -0.784. The van der Waals surface area contributed by atoms with Crippen molar-refractivity contribution in [2.45, 2.75) is 70.2 Å². The van der Waals surface area contributed by atoms with Crippen molar-refractivity contribution in [3.05, 3.63) is 108 Å². The van der Waals surface area contributed by atoms with Crippen molar-refractivity contribution in [1.82, 2.24) is 0 Å². The lowest BCUT2D eigenvalue weighted by Crippen LogP contribution is -2.59. The Balaban J connectivity index is 1.35. The molecule has 3 aromatic rings. The van der Waals surface area contributed by atoms with Gasteiger partial charge < -0.3 is 28.4 Å². The SMILES string of the molecule is CC1(C)OC2[C@H](OC(COCc3ccccc3)[C@@H](OCc3ccccc3)[C@H]2OCc2ccccc2)O1. The average molecular weight is 491 g/mol. The standard InChI is InChI=1S/C30H34O6/c1-30(2)35-28-27(33-20-24-16-10-5-11-17-24)26(32-19-23-14-8-4-9-15-23)25(34-29(28)36-30)21-31-18-22-12-6-3-7-13-22/h3-17,25-29H,18-21H2,1-2H3/t25?,26-,27-,28?,29-/m1/s1. The molecular formula is C30H34O6.